The summed E-state index contributed by atoms with van der Waals surface area (Å²) in [6.45, 7) is 0.806. The number of para-hydroxylation sites is 1. The highest BCUT2D eigenvalue weighted by molar-refractivity contribution is 6.30. The summed E-state index contributed by atoms with van der Waals surface area (Å²) < 4.78 is 17.0. The van der Waals surface area contributed by atoms with E-state index in [4.69, 9.17) is 25.8 Å². The Morgan fingerprint density at radius 2 is 1.73 bits per heavy atom. The van der Waals surface area contributed by atoms with Gasteiger partial charge in [-0.05, 0) is 53.9 Å². The Bertz CT molecular complexity index is 1050. The average Bonchev–Trinajstić information content (AvgIpc) is 3.25. The van der Waals surface area contributed by atoms with Gasteiger partial charge in [-0.3, -0.25) is 4.79 Å². The van der Waals surface area contributed by atoms with Gasteiger partial charge in [-0.2, -0.15) is 0 Å². The van der Waals surface area contributed by atoms with Crippen LogP contribution < -0.4 is 14.2 Å². The molecule has 1 fully saturated rings. The first-order valence-electron chi connectivity index (χ1n) is 9.85. The second kappa shape index (κ2) is 7.92. The summed E-state index contributed by atoms with van der Waals surface area (Å²) in [6.07, 6.45) is 0.167. The van der Waals surface area contributed by atoms with Crippen molar-refractivity contribution in [2.75, 3.05) is 13.3 Å². The zero-order valence-corrected chi connectivity index (χ0v) is 16.9. The summed E-state index contributed by atoms with van der Waals surface area (Å²) in [5, 5.41) is 0.702. The lowest BCUT2D eigenvalue weighted by molar-refractivity contribution is -0.164. The van der Waals surface area contributed by atoms with Crippen LogP contribution in [0.1, 0.15) is 17.2 Å². The van der Waals surface area contributed by atoms with Crippen LogP contribution in [0.4, 0.5) is 0 Å². The smallest absolute Gasteiger partial charge is 0.266 e. The number of halogens is 1. The summed E-state index contributed by atoms with van der Waals surface area (Å²) in [7, 11) is 0. The van der Waals surface area contributed by atoms with Gasteiger partial charge < -0.3 is 19.1 Å². The number of benzene rings is 3. The number of carbonyl (C=O) groups is 1. The van der Waals surface area contributed by atoms with Crippen molar-refractivity contribution in [1.29, 1.82) is 0 Å². The first-order valence-corrected chi connectivity index (χ1v) is 10.2. The lowest BCUT2D eigenvalue weighted by Crippen LogP contribution is -2.61. The Morgan fingerprint density at radius 1 is 0.967 bits per heavy atom. The predicted molar refractivity (Wildman–Crippen MR) is 113 cm³/mol. The minimum absolute atomic E-state index is 0.0181. The molecule has 0 spiro atoms. The van der Waals surface area contributed by atoms with Crippen LogP contribution in [0.15, 0.2) is 72.8 Å². The minimum atomic E-state index is -0.571. The van der Waals surface area contributed by atoms with Crippen LogP contribution in [0.25, 0.3) is 0 Å². The molecule has 0 aliphatic carbocycles. The molecule has 0 aromatic heterocycles. The molecule has 1 saturated heterocycles. The highest BCUT2D eigenvalue weighted by Crippen LogP contribution is 2.42. The monoisotopic (exact) mass is 421 g/mol. The molecule has 2 aliphatic rings. The predicted octanol–water partition coefficient (Wildman–Crippen LogP) is 4.64. The molecule has 0 unspecified atom stereocenters. The second-order valence-electron chi connectivity index (χ2n) is 7.32. The van der Waals surface area contributed by atoms with Gasteiger partial charge in [0, 0.05) is 11.6 Å². The average molecular weight is 422 g/mol. The van der Waals surface area contributed by atoms with E-state index in [-0.39, 0.29) is 18.7 Å². The maximum absolute atomic E-state index is 13.0. The zero-order chi connectivity index (χ0) is 20.5. The van der Waals surface area contributed by atoms with Crippen molar-refractivity contribution in [3.8, 4) is 17.2 Å². The number of rotatable bonds is 6. The van der Waals surface area contributed by atoms with Crippen molar-refractivity contribution >= 4 is 17.5 Å². The van der Waals surface area contributed by atoms with Gasteiger partial charge in [0.1, 0.15) is 11.8 Å². The molecular weight excluding hydrogens is 402 g/mol. The molecule has 0 bridgehead atoms. The van der Waals surface area contributed by atoms with Crippen molar-refractivity contribution in [1.82, 2.24) is 4.90 Å². The first-order chi connectivity index (χ1) is 14.7. The van der Waals surface area contributed by atoms with E-state index in [1.54, 1.807) is 0 Å². The van der Waals surface area contributed by atoms with Crippen molar-refractivity contribution < 1.29 is 19.0 Å². The Kier molecular flexibility index (Phi) is 4.97. The summed E-state index contributed by atoms with van der Waals surface area (Å²) in [6, 6.07) is 22.7. The van der Waals surface area contributed by atoms with Crippen molar-refractivity contribution in [3.05, 3.63) is 88.9 Å². The van der Waals surface area contributed by atoms with Gasteiger partial charge in [0.15, 0.2) is 11.5 Å². The Morgan fingerprint density at radius 3 is 2.53 bits per heavy atom. The Hall–Kier alpha value is -3.18. The summed E-state index contributed by atoms with van der Waals surface area (Å²) in [5.41, 5.74) is 2.10. The van der Waals surface area contributed by atoms with Gasteiger partial charge in [0.05, 0.1) is 0 Å². The van der Waals surface area contributed by atoms with E-state index < -0.39 is 6.10 Å². The largest absolute Gasteiger partial charge is 0.478 e. The fourth-order valence-electron chi connectivity index (χ4n) is 3.88. The molecule has 0 saturated carbocycles. The molecular formula is C24H20ClNO4. The van der Waals surface area contributed by atoms with E-state index in [2.05, 4.69) is 0 Å². The van der Waals surface area contributed by atoms with Crippen molar-refractivity contribution in [2.45, 2.75) is 18.6 Å². The fourth-order valence-corrected chi connectivity index (χ4v) is 4.01. The molecule has 30 heavy (non-hydrogen) atoms. The third-order valence-corrected chi connectivity index (χ3v) is 5.70. The standard InChI is InChI=1S/C24H20ClNO4/c25-18-9-6-16(7-10-18)12-13-26-22(17-8-11-20-21(14-17)29-15-28-20)23(24(26)27)30-19-4-2-1-3-5-19/h1-11,14,22-23H,12-13,15H2/t22-,23+/m0/s1. The second-order valence-corrected chi connectivity index (χ2v) is 7.75. The molecule has 6 heteroatoms. The molecule has 0 radical (unpaired) electrons. The maximum atomic E-state index is 13.0. The third-order valence-electron chi connectivity index (χ3n) is 5.45. The lowest BCUT2D eigenvalue weighted by atomic mass is 9.89. The zero-order valence-electron chi connectivity index (χ0n) is 16.2. The molecule has 2 heterocycles. The molecule has 3 aromatic carbocycles. The number of β-lactam (4-membered cyclic amide) rings is 1. The van der Waals surface area contributed by atoms with E-state index >= 15 is 0 Å². The molecule has 1 amide bonds. The highest BCUT2D eigenvalue weighted by atomic mass is 35.5. The molecule has 2 aliphatic heterocycles. The maximum Gasteiger partial charge on any atom is 0.266 e. The van der Waals surface area contributed by atoms with E-state index in [0.717, 1.165) is 23.3 Å². The number of ether oxygens (including phenoxy) is 3. The van der Waals surface area contributed by atoms with E-state index in [1.165, 1.54) is 0 Å². The molecule has 5 nitrogen and oxygen atoms in total. The van der Waals surface area contributed by atoms with Gasteiger partial charge in [-0.15, -0.1) is 0 Å². The van der Waals surface area contributed by atoms with Gasteiger partial charge in [0.2, 0.25) is 12.9 Å². The number of hydrogen-bond acceptors (Lipinski definition) is 4. The van der Waals surface area contributed by atoms with Crippen LogP contribution in [0.3, 0.4) is 0 Å². The Labute approximate surface area is 179 Å². The number of likely N-dealkylation sites (tertiary alicyclic amines) is 1. The summed E-state index contributed by atoms with van der Waals surface area (Å²) >= 11 is 5.98. The quantitative estimate of drug-likeness (QED) is 0.544. The fraction of sp³-hybridized carbons (Fsp3) is 0.208. The van der Waals surface area contributed by atoms with Gasteiger partial charge in [0.25, 0.3) is 5.91 Å². The van der Waals surface area contributed by atoms with E-state index in [1.807, 2.05) is 77.7 Å². The van der Waals surface area contributed by atoms with Gasteiger partial charge in [-0.1, -0.05) is 48.0 Å². The van der Waals surface area contributed by atoms with Crippen LogP contribution >= 0.6 is 11.6 Å². The van der Waals surface area contributed by atoms with Crippen molar-refractivity contribution in [3.63, 3.8) is 0 Å². The SMILES string of the molecule is O=C1[C@H](Oc2ccccc2)[C@H](c2ccc3c(c2)OCO3)N1CCc1ccc(Cl)cc1. The number of carbonyl (C=O) groups excluding carboxylic acids is 1. The minimum Gasteiger partial charge on any atom is -0.478 e. The number of fused-ring (bicyclic) bond motifs is 1. The topological polar surface area (TPSA) is 48.0 Å². The van der Waals surface area contributed by atoms with Crippen LogP contribution in [0.2, 0.25) is 5.02 Å². The molecule has 152 valence electrons. The third kappa shape index (κ3) is 3.57. The van der Waals surface area contributed by atoms with Gasteiger partial charge in [-0.25, -0.2) is 0 Å². The summed E-state index contributed by atoms with van der Waals surface area (Å²) in [4.78, 5) is 14.8. The number of hydrogen-bond donors (Lipinski definition) is 0. The highest BCUT2D eigenvalue weighted by Gasteiger charge is 2.50. The first kappa shape index (κ1) is 18.8. The molecule has 2 atom stereocenters. The van der Waals surface area contributed by atoms with Gasteiger partial charge >= 0.3 is 0 Å². The summed E-state index contributed by atoms with van der Waals surface area (Å²) in [5.74, 6) is 2.08. The molecule has 3 aromatic rings. The van der Waals surface area contributed by atoms with Crippen LogP contribution in [0.5, 0.6) is 17.2 Å². The van der Waals surface area contributed by atoms with Crippen LogP contribution in [-0.4, -0.2) is 30.2 Å². The number of amides is 1. The molecule has 0 N–H and O–H groups in total. The lowest BCUT2D eigenvalue weighted by Gasteiger charge is -2.47. The Balaban J connectivity index is 1.39. The number of nitrogens with zero attached hydrogens (tertiary/aromatic N) is 1. The van der Waals surface area contributed by atoms with E-state index in [9.17, 15) is 4.79 Å². The van der Waals surface area contributed by atoms with Crippen LogP contribution in [0, 0.1) is 0 Å². The van der Waals surface area contributed by atoms with E-state index in [0.29, 0.717) is 23.1 Å². The van der Waals surface area contributed by atoms with Crippen LogP contribution in [-0.2, 0) is 11.2 Å². The van der Waals surface area contributed by atoms with Crippen molar-refractivity contribution in [2.24, 2.45) is 0 Å². The molecule has 5 rings (SSSR count). The normalized spacial score (nSPS) is 19.5.